The Kier molecular flexibility index (Phi) is 4.48. The Balaban J connectivity index is 1.58. The Morgan fingerprint density at radius 1 is 1.11 bits per heavy atom. The summed E-state index contributed by atoms with van der Waals surface area (Å²) in [6.45, 7) is 8.79. The minimum atomic E-state index is 0.795. The van der Waals surface area contributed by atoms with E-state index in [0.29, 0.717) is 0 Å². The summed E-state index contributed by atoms with van der Waals surface area (Å²) >= 11 is 0. The Morgan fingerprint density at radius 3 is 2.58 bits per heavy atom. The van der Waals surface area contributed by atoms with E-state index in [9.17, 15) is 0 Å². The molecule has 2 saturated carbocycles. The van der Waals surface area contributed by atoms with Gasteiger partial charge in [0, 0.05) is 31.7 Å². The summed E-state index contributed by atoms with van der Waals surface area (Å²) in [5.41, 5.74) is 0. The van der Waals surface area contributed by atoms with E-state index in [2.05, 4.69) is 24.1 Å². The van der Waals surface area contributed by atoms with Crippen LogP contribution in [0.1, 0.15) is 58.8 Å². The van der Waals surface area contributed by atoms with Crippen molar-refractivity contribution in [3.05, 3.63) is 0 Å². The molecule has 3 fully saturated rings. The van der Waals surface area contributed by atoms with E-state index in [4.69, 9.17) is 0 Å². The van der Waals surface area contributed by atoms with Gasteiger partial charge in [-0.25, -0.2) is 0 Å². The number of nitrogens with one attached hydrogen (secondary N) is 1. The molecular formula is C17H32N2. The molecule has 2 heteroatoms. The third kappa shape index (κ3) is 3.33. The Morgan fingerprint density at radius 2 is 1.89 bits per heavy atom. The molecule has 3 aliphatic rings. The summed E-state index contributed by atoms with van der Waals surface area (Å²) in [6, 6.07) is 1.60. The predicted molar refractivity (Wildman–Crippen MR) is 81.3 cm³/mol. The topological polar surface area (TPSA) is 15.3 Å². The fraction of sp³-hybridized carbons (Fsp3) is 1.00. The highest BCUT2D eigenvalue weighted by atomic mass is 15.2. The van der Waals surface area contributed by atoms with E-state index in [0.717, 1.165) is 29.8 Å². The molecule has 0 radical (unpaired) electrons. The van der Waals surface area contributed by atoms with Crippen LogP contribution in [0.2, 0.25) is 0 Å². The number of hydrogen-bond acceptors (Lipinski definition) is 2. The van der Waals surface area contributed by atoms with Crippen molar-refractivity contribution < 1.29 is 0 Å². The molecule has 0 aromatic carbocycles. The summed E-state index contributed by atoms with van der Waals surface area (Å²) < 4.78 is 0. The van der Waals surface area contributed by atoms with E-state index in [1.54, 1.807) is 0 Å². The average Bonchev–Trinajstić information content (AvgIpc) is 3.26. The van der Waals surface area contributed by atoms with Crippen molar-refractivity contribution in [2.24, 2.45) is 17.8 Å². The third-order valence-electron chi connectivity index (χ3n) is 5.98. The summed E-state index contributed by atoms with van der Waals surface area (Å²) in [5, 5.41) is 3.82. The largest absolute Gasteiger partial charge is 0.311 e. The first kappa shape index (κ1) is 13.9. The van der Waals surface area contributed by atoms with Crippen LogP contribution in [0.25, 0.3) is 0 Å². The van der Waals surface area contributed by atoms with Crippen molar-refractivity contribution in [2.45, 2.75) is 70.9 Å². The molecule has 4 atom stereocenters. The third-order valence-corrected chi connectivity index (χ3v) is 5.98. The average molecular weight is 264 g/mol. The number of piperazine rings is 1. The summed E-state index contributed by atoms with van der Waals surface area (Å²) in [4.78, 5) is 2.85. The number of hydrogen-bond donors (Lipinski definition) is 1. The maximum absolute atomic E-state index is 3.82. The second-order valence-corrected chi connectivity index (χ2v) is 7.39. The normalized spacial score (nSPS) is 41.4. The summed E-state index contributed by atoms with van der Waals surface area (Å²) in [7, 11) is 0. The maximum atomic E-state index is 3.82. The molecular weight excluding hydrogens is 232 g/mol. The molecule has 1 saturated heterocycles. The molecule has 110 valence electrons. The molecule has 3 rings (SSSR count). The van der Waals surface area contributed by atoms with E-state index in [-0.39, 0.29) is 0 Å². The van der Waals surface area contributed by atoms with Gasteiger partial charge in [0.05, 0.1) is 0 Å². The van der Waals surface area contributed by atoms with Crippen LogP contribution in [0.15, 0.2) is 0 Å². The molecule has 1 N–H and O–H groups in total. The van der Waals surface area contributed by atoms with Crippen molar-refractivity contribution in [1.29, 1.82) is 0 Å². The van der Waals surface area contributed by atoms with Crippen molar-refractivity contribution in [3.8, 4) is 0 Å². The van der Waals surface area contributed by atoms with E-state index < -0.39 is 0 Å². The lowest BCUT2D eigenvalue weighted by Crippen LogP contribution is -2.58. The van der Waals surface area contributed by atoms with Crippen LogP contribution in [-0.4, -0.2) is 36.6 Å². The van der Waals surface area contributed by atoms with Gasteiger partial charge in [-0.2, -0.15) is 0 Å². The number of rotatable bonds is 4. The molecule has 4 unspecified atom stereocenters. The SMILES string of the molecule is CCC1CNC(C2CC2)CN1CC1CCCCC1C. The number of nitrogens with zero attached hydrogens (tertiary/aromatic N) is 1. The van der Waals surface area contributed by atoms with E-state index in [1.165, 1.54) is 64.6 Å². The van der Waals surface area contributed by atoms with Gasteiger partial charge in [-0.15, -0.1) is 0 Å². The van der Waals surface area contributed by atoms with Crippen LogP contribution < -0.4 is 5.32 Å². The van der Waals surface area contributed by atoms with E-state index >= 15 is 0 Å². The maximum Gasteiger partial charge on any atom is 0.0224 e. The van der Waals surface area contributed by atoms with Gasteiger partial charge in [-0.1, -0.05) is 33.1 Å². The monoisotopic (exact) mass is 264 g/mol. The van der Waals surface area contributed by atoms with Crippen molar-refractivity contribution in [3.63, 3.8) is 0 Å². The van der Waals surface area contributed by atoms with Gasteiger partial charge in [-0.3, -0.25) is 4.90 Å². The zero-order valence-corrected chi connectivity index (χ0v) is 12.9. The molecule has 19 heavy (non-hydrogen) atoms. The second-order valence-electron chi connectivity index (χ2n) is 7.39. The smallest absolute Gasteiger partial charge is 0.0224 e. The Bertz CT molecular complexity index is 287. The minimum Gasteiger partial charge on any atom is -0.311 e. The molecule has 0 aromatic rings. The quantitative estimate of drug-likeness (QED) is 0.838. The molecule has 0 spiro atoms. The first-order valence-electron chi connectivity index (χ1n) is 8.75. The summed E-state index contributed by atoms with van der Waals surface area (Å²) in [5.74, 6) is 2.94. The molecule has 1 aliphatic heterocycles. The van der Waals surface area contributed by atoms with Crippen molar-refractivity contribution in [1.82, 2.24) is 10.2 Å². The van der Waals surface area contributed by atoms with E-state index in [1.807, 2.05) is 0 Å². The zero-order chi connectivity index (χ0) is 13.2. The van der Waals surface area contributed by atoms with Gasteiger partial charge in [-0.05, 0) is 43.4 Å². The molecule has 2 nitrogen and oxygen atoms in total. The van der Waals surface area contributed by atoms with Crippen LogP contribution in [0.4, 0.5) is 0 Å². The lowest BCUT2D eigenvalue weighted by atomic mass is 9.79. The Labute approximate surface area is 119 Å². The molecule has 0 amide bonds. The van der Waals surface area contributed by atoms with Gasteiger partial charge in [0.1, 0.15) is 0 Å². The van der Waals surface area contributed by atoms with Gasteiger partial charge in [0.25, 0.3) is 0 Å². The lowest BCUT2D eigenvalue weighted by molar-refractivity contribution is 0.0764. The summed E-state index contributed by atoms with van der Waals surface area (Å²) in [6.07, 6.45) is 10.2. The van der Waals surface area contributed by atoms with Crippen LogP contribution >= 0.6 is 0 Å². The van der Waals surface area contributed by atoms with Crippen LogP contribution in [0, 0.1) is 17.8 Å². The Hall–Kier alpha value is -0.0800. The standard InChI is InChI=1S/C17H32N2/c1-3-16-10-18-17(14-8-9-14)12-19(16)11-15-7-5-4-6-13(15)2/h13-18H,3-12H2,1-2H3. The molecule has 0 bridgehead atoms. The predicted octanol–water partition coefficient (Wildman–Crippen LogP) is 3.28. The van der Waals surface area contributed by atoms with Crippen LogP contribution in [0.5, 0.6) is 0 Å². The lowest BCUT2D eigenvalue weighted by Gasteiger charge is -2.43. The highest BCUT2D eigenvalue weighted by Crippen LogP contribution is 2.36. The molecule has 1 heterocycles. The van der Waals surface area contributed by atoms with Crippen LogP contribution in [-0.2, 0) is 0 Å². The molecule has 0 aromatic heterocycles. The molecule has 2 aliphatic carbocycles. The first-order chi connectivity index (χ1) is 9.28. The zero-order valence-electron chi connectivity index (χ0n) is 12.9. The highest BCUT2D eigenvalue weighted by molar-refractivity contribution is 4.95. The highest BCUT2D eigenvalue weighted by Gasteiger charge is 2.37. The first-order valence-corrected chi connectivity index (χ1v) is 8.75. The van der Waals surface area contributed by atoms with Crippen molar-refractivity contribution >= 4 is 0 Å². The van der Waals surface area contributed by atoms with Crippen molar-refractivity contribution in [2.75, 3.05) is 19.6 Å². The van der Waals surface area contributed by atoms with Gasteiger partial charge in [0.2, 0.25) is 0 Å². The van der Waals surface area contributed by atoms with Gasteiger partial charge >= 0.3 is 0 Å². The van der Waals surface area contributed by atoms with Crippen LogP contribution in [0.3, 0.4) is 0 Å². The fourth-order valence-electron chi connectivity index (χ4n) is 4.29. The minimum absolute atomic E-state index is 0.795. The van der Waals surface area contributed by atoms with Gasteiger partial charge in [0.15, 0.2) is 0 Å². The van der Waals surface area contributed by atoms with Gasteiger partial charge < -0.3 is 5.32 Å². The fourth-order valence-corrected chi connectivity index (χ4v) is 4.29. The second kappa shape index (κ2) is 6.13.